The second-order valence-corrected chi connectivity index (χ2v) is 9.44. The van der Waals surface area contributed by atoms with Crippen molar-refractivity contribution in [2.75, 3.05) is 6.61 Å². The van der Waals surface area contributed by atoms with Crippen molar-refractivity contribution in [2.24, 2.45) is 4.99 Å². The first-order valence-electron chi connectivity index (χ1n) is 10.7. The Morgan fingerprint density at radius 1 is 0.879 bits per heavy atom. The average molecular weight is 463 g/mol. The molecule has 0 radical (unpaired) electrons. The number of hydrogen-bond donors (Lipinski definition) is 1. The fourth-order valence-electron chi connectivity index (χ4n) is 2.60. The van der Waals surface area contributed by atoms with Gasteiger partial charge in [-0.05, 0) is 80.0 Å². The van der Waals surface area contributed by atoms with Crippen molar-refractivity contribution in [2.45, 2.75) is 79.4 Å². The molecule has 0 saturated carbocycles. The lowest BCUT2D eigenvalue weighted by Gasteiger charge is -2.20. The molecule has 2 amide bonds. The maximum Gasteiger partial charge on any atom is 0.435 e. The van der Waals surface area contributed by atoms with E-state index in [2.05, 4.69) is 10.3 Å². The van der Waals surface area contributed by atoms with E-state index < -0.39 is 23.4 Å². The summed E-state index contributed by atoms with van der Waals surface area (Å²) in [6, 6.07) is 4.68. The second kappa shape index (κ2) is 11.6. The van der Waals surface area contributed by atoms with E-state index in [1.165, 1.54) is 19.9 Å². The Bertz CT molecular complexity index is 922. The van der Waals surface area contributed by atoms with Crippen LogP contribution < -0.4 is 10.1 Å². The number of rotatable bonds is 7. The number of amidine groups is 1. The summed E-state index contributed by atoms with van der Waals surface area (Å²) in [6.07, 6.45) is -0.984. The summed E-state index contributed by atoms with van der Waals surface area (Å²) in [6.45, 7) is 13.3. The van der Waals surface area contributed by atoms with Crippen molar-refractivity contribution in [3.63, 3.8) is 0 Å². The molecule has 33 heavy (non-hydrogen) atoms. The summed E-state index contributed by atoms with van der Waals surface area (Å²) in [7, 11) is 0. The van der Waals surface area contributed by atoms with Crippen LogP contribution in [0, 0.1) is 0 Å². The summed E-state index contributed by atoms with van der Waals surface area (Å²) in [4.78, 5) is 51.6. The first kappa shape index (κ1) is 27.8. The molecule has 0 aliphatic carbocycles. The normalized spacial score (nSPS) is 12.1. The topological polar surface area (TPSA) is 120 Å². The third-order valence-corrected chi connectivity index (χ3v) is 3.84. The number of alkyl carbamates (subject to hydrolysis) is 1. The average Bonchev–Trinajstić information content (AvgIpc) is 2.61. The van der Waals surface area contributed by atoms with Crippen LogP contribution in [0.25, 0.3) is 0 Å². The number of ether oxygens (including phenoxy) is 3. The van der Waals surface area contributed by atoms with Gasteiger partial charge in [0.2, 0.25) is 0 Å². The molecule has 182 valence electrons. The number of carbonyl (C=O) groups is 4. The number of amides is 2. The zero-order valence-corrected chi connectivity index (χ0v) is 20.7. The molecule has 0 unspecified atom stereocenters. The summed E-state index contributed by atoms with van der Waals surface area (Å²) in [5.41, 5.74) is -0.826. The maximum atomic E-state index is 12.1. The number of hydrogen-bond acceptors (Lipinski definition) is 7. The minimum atomic E-state index is -0.833. The van der Waals surface area contributed by atoms with Gasteiger partial charge < -0.3 is 14.2 Å². The molecule has 0 spiro atoms. The van der Waals surface area contributed by atoms with E-state index in [1.807, 2.05) is 0 Å². The summed E-state index contributed by atoms with van der Waals surface area (Å²) < 4.78 is 16.1. The van der Waals surface area contributed by atoms with Crippen LogP contribution in [0.4, 0.5) is 9.59 Å². The third-order valence-electron chi connectivity index (χ3n) is 3.84. The molecule has 0 bridgehead atoms. The molecule has 1 aromatic rings. The van der Waals surface area contributed by atoms with Crippen molar-refractivity contribution < 1.29 is 33.4 Å². The first-order chi connectivity index (χ1) is 15.1. The summed E-state index contributed by atoms with van der Waals surface area (Å²) in [5.74, 6) is 0.0661. The van der Waals surface area contributed by atoms with Gasteiger partial charge in [0.05, 0.1) is 6.61 Å². The molecule has 1 N–H and O–H groups in total. The van der Waals surface area contributed by atoms with Crippen molar-refractivity contribution in [1.82, 2.24) is 5.32 Å². The Morgan fingerprint density at radius 3 is 1.97 bits per heavy atom. The van der Waals surface area contributed by atoms with Gasteiger partial charge in [0.25, 0.3) is 0 Å². The summed E-state index contributed by atoms with van der Waals surface area (Å²) in [5, 5.41) is 2.48. The van der Waals surface area contributed by atoms with Gasteiger partial charge in [-0.2, -0.15) is 4.99 Å². The quantitative estimate of drug-likeness (QED) is 0.259. The van der Waals surface area contributed by atoms with Crippen LogP contribution in [-0.2, 0) is 9.47 Å². The smallest absolute Gasteiger partial charge is 0.435 e. The van der Waals surface area contributed by atoms with Crippen molar-refractivity contribution >= 4 is 29.6 Å². The number of nitrogens with zero attached hydrogens (tertiary/aromatic N) is 1. The zero-order valence-electron chi connectivity index (χ0n) is 20.7. The fraction of sp³-hybridized carbons (Fsp3) is 0.542. The molecule has 0 heterocycles. The fourth-order valence-corrected chi connectivity index (χ4v) is 2.60. The van der Waals surface area contributed by atoms with E-state index >= 15 is 0 Å². The Labute approximate surface area is 194 Å². The van der Waals surface area contributed by atoms with Gasteiger partial charge in [0.1, 0.15) is 22.8 Å². The highest BCUT2D eigenvalue weighted by molar-refractivity contribution is 6.07. The molecule has 0 aliphatic heterocycles. The second-order valence-electron chi connectivity index (χ2n) is 9.44. The molecule has 9 nitrogen and oxygen atoms in total. The molecule has 9 heteroatoms. The Hall–Kier alpha value is -3.23. The lowest BCUT2D eigenvalue weighted by atomic mass is 10.0. The zero-order chi connectivity index (χ0) is 25.4. The molecular weight excluding hydrogens is 428 g/mol. The Kier molecular flexibility index (Phi) is 9.76. The molecule has 1 aromatic carbocycles. The minimum absolute atomic E-state index is 0.0819. The van der Waals surface area contributed by atoms with Gasteiger partial charge in [-0.25, -0.2) is 9.59 Å². The lowest BCUT2D eigenvalue weighted by molar-refractivity contribution is 0.0560. The van der Waals surface area contributed by atoms with E-state index in [0.717, 1.165) is 0 Å². The highest BCUT2D eigenvalue weighted by atomic mass is 16.6. The van der Waals surface area contributed by atoms with Crippen molar-refractivity contribution in [1.29, 1.82) is 0 Å². The number of carbonyl (C=O) groups excluding carboxylic acids is 4. The monoisotopic (exact) mass is 462 g/mol. The molecule has 0 fully saturated rings. The van der Waals surface area contributed by atoms with Crippen LogP contribution in [-0.4, -0.2) is 47.4 Å². The predicted octanol–water partition coefficient (Wildman–Crippen LogP) is 5.11. The maximum absolute atomic E-state index is 12.1. The van der Waals surface area contributed by atoms with Crippen molar-refractivity contribution in [3.8, 4) is 5.75 Å². The van der Waals surface area contributed by atoms with E-state index in [1.54, 1.807) is 53.7 Å². The number of benzene rings is 1. The minimum Gasteiger partial charge on any atom is -0.494 e. The Balaban J connectivity index is 2.83. The van der Waals surface area contributed by atoms with Gasteiger partial charge in [0.15, 0.2) is 11.6 Å². The van der Waals surface area contributed by atoms with Crippen LogP contribution >= 0.6 is 0 Å². The highest BCUT2D eigenvalue weighted by Gasteiger charge is 2.20. The molecule has 0 aliphatic rings. The van der Waals surface area contributed by atoms with E-state index in [0.29, 0.717) is 23.3 Å². The third kappa shape index (κ3) is 11.3. The number of aliphatic imine (C=N–C) groups is 1. The molecule has 1 rings (SSSR count). The van der Waals surface area contributed by atoms with Gasteiger partial charge in [-0.1, -0.05) is 0 Å². The van der Waals surface area contributed by atoms with Crippen LogP contribution in [0.3, 0.4) is 0 Å². The van der Waals surface area contributed by atoms with Crippen molar-refractivity contribution in [3.05, 3.63) is 29.3 Å². The standard InChI is InChI=1S/C24H34N2O7/c1-15(27)18-12-11-17(14-19(18)16(2)28)31-13-9-10-20(25-21(29)32-23(3,4)5)26-22(30)33-24(6,7)8/h11-12,14H,9-10,13H2,1-8H3,(H,25,26,29,30). The predicted molar refractivity (Wildman–Crippen MR) is 124 cm³/mol. The SMILES string of the molecule is CC(=O)c1ccc(OCCCC(=NC(=O)OC(C)(C)C)NC(=O)OC(C)(C)C)cc1C(C)=O. The van der Waals surface area contributed by atoms with Gasteiger partial charge in [-0.15, -0.1) is 0 Å². The largest absolute Gasteiger partial charge is 0.494 e. The number of nitrogens with one attached hydrogen (secondary N) is 1. The van der Waals surface area contributed by atoms with Crippen LogP contribution in [0.5, 0.6) is 5.75 Å². The highest BCUT2D eigenvalue weighted by Crippen LogP contribution is 2.20. The van der Waals surface area contributed by atoms with E-state index in [4.69, 9.17) is 14.2 Å². The van der Waals surface area contributed by atoms with Crippen LogP contribution in [0.2, 0.25) is 0 Å². The molecular formula is C24H34N2O7. The number of ketones is 2. The van der Waals surface area contributed by atoms with Gasteiger partial charge >= 0.3 is 12.2 Å². The first-order valence-corrected chi connectivity index (χ1v) is 10.7. The van der Waals surface area contributed by atoms with E-state index in [-0.39, 0.29) is 30.4 Å². The van der Waals surface area contributed by atoms with Crippen LogP contribution in [0.1, 0.15) is 88.9 Å². The Morgan fingerprint density at radius 2 is 1.45 bits per heavy atom. The molecule has 0 saturated heterocycles. The lowest BCUT2D eigenvalue weighted by Crippen LogP contribution is -2.37. The summed E-state index contributed by atoms with van der Waals surface area (Å²) >= 11 is 0. The number of Topliss-reactive ketones (excluding diaryl/α,β-unsaturated/α-hetero) is 2. The molecule has 0 aromatic heterocycles. The molecule has 0 atom stereocenters. The van der Waals surface area contributed by atoms with Gasteiger partial charge in [-0.3, -0.25) is 14.9 Å². The van der Waals surface area contributed by atoms with Gasteiger partial charge in [0, 0.05) is 17.5 Å². The van der Waals surface area contributed by atoms with E-state index in [9.17, 15) is 19.2 Å². The van der Waals surface area contributed by atoms with Crippen LogP contribution in [0.15, 0.2) is 23.2 Å².